The fraction of sp³-hybridized carbons (Fsp3) is 0.167. The standard InChI is InChI=1S/C12H11ClN2O2S/c13-11-4-3-10(18-11)7-14-6-9-2-1-8(5-15-9)12(16)17/h1-5,14H,6-7H2,(H,16,17). The average Bonchev–Trinajstić information content (AvgIpc) is 2.76. The predicted molar refractivity (Wildman–Crippen MR) is 71.1 cm³/mol. The molecule has 2 N–H and O–H groups in total. The molecule has 0 aromatic carbocycles. The summed E-state index contributed by atoms with van der Waals surface area (Å²) in [6.45, 7) is 1.31. The summed E-state index contributed by atoms with van der Waals surface area (Å²) in [6.07, 6.45) is 1.36. The normalized spacial score (nSPS) is 10.5. The van der Waals surface area contributed by atoms with Crippen LogP contribution in [0.2, 0.25) is 4.34 Å². The monoisotopic (exact) mass is 282 g/mol. The molecule has 0 bridgehead atoms. The Labute approximate surface area is 113 Å². The van der Waals surface area contributed by atoms with E-state index in [9.17, 15) is 4.79 Å². The predicted octanol–water partition coefficient (Wildman–Crippen LogP) is 2.78. The number of aromatic nitrogens is 1. The SMILES string of the molecule is O=C(O)c1ccc(CNCc2ccc(Cl)s2)nc1. The maximum atomic E-state index is 10.6. The molecule has 0 radical (unpaired) electrons. The van der Waals surface area contributed by atoms with E-state index in [1.165, 1.54) is 17.5 Å². The van der Waals surface area contributed by atoms with Crippen molar-refractivity contribution in [2.75, 3.05) is 0 Å². The van der Waals surface area contributed by atoms with Crippen molar-refractivity contribution < 1.29 is 9.90 Å². The fourth-order valence-corrected chi connectivity index (χ4v) is 2.47. The van der Waals surface area contributed by atoms with Crippen LogP contribution >= 0.6 is 22.9 Å². The van der Waals surface area contributed by atoms with E-state index >= 15 is 0 Å². The molecule has 0 fully saturated rings. The van der Waals surface area contributed by atoms with Crippen LogP contribution in [0.15, 0.2) is 30.5 Å². The van der Waals surface area contributed by atoms with Crippen molar-refractivity contribution in [3.63, 3.8) is 0 Å². The van der Waals surface area contributed by atoms with Crippen molar-refractivity contribution in [2.24, 2.45) is 0 Å². The first-order chi connectivity index (χ1) is 8.65. The van der Waals surface area contributed by atoms with Gasteiger partial charge in [-0.25, -0.2) is 4.79 Å². The molecule has 0 amide bonds. The van der Waals surface area contributed by atoms with Crippen molar-refractivity contribution >= 4 is 28.9 Å². The highest BCUT2D eigenvalue weighted by Crippen LogP contribution is 2.21. The second-order valence-corrected chi connectivity index (χ2v) is 5.45. The van der Waals surface area contributed by atoms with Crippen molar-refractivity contribution in [2.45, 2.75) is 13.1 Å². The van der Waals surface area contributed by atoms with Gasteiger partial charge in [-0.2, -0.15) is 0 Å². The molecule has 2 aromatic heterocycles. The summed E-state index contributed by atoms with van der Waals surface area (Å²) in [5.74, 6) is -0.963. The van der Waals surface area contributed by atoms with Crippen molar-refractivity contribution in [1.82, 2.24) is 10.3 Å². The summed E-state index contributed by atoms with van der Waals surface area (Å²) in [6, 6.07) is 7.09. The van der Waals surface area contributed by atoms with E-state index in [0.717, 1.165) is 21.5 Å². The summed E-state index contributed by atoms with van der Waals surface area (Å²) in [7, 11) is 0. The third kappa shape index (κ3) is 3.53. The van der Waals surface area contributed by atoms with Gasteiger partial charge < -0.3 is 10.4 Å². The van der Waals surface area contributed by atoms with Gasteiger partial charge in [-0.15, -0.1) is 11.3 Å². The zero-order valence-corrected chi connectivity index (χ0v) is 11.0. The fourth-order valence-electron chi connectivity index (χ4n) is 1.42. The number of nitrogens with zero attached hydrogens (tertiary/aromatic N) is 1. The van der Waals surface area contributed by atoms with Gasteiger partial charge in [0.15, 0.2) is 0 Å². The van der Waals surface area contributed by atoms with Crippen LogP contribution in [0.25, 0.3) is 0 Å². The lowest BCUT2D eigenvalue weighted by Crippen LogP contribution is -2.13. The van der Waals surface area contributed by atoms with Gasteiger partial charge in [0, 0.05) is 24.2 Å². The number of halogens is 1. The summed E-state index contributed by atoms with van der Waals surface area (Å²) < 4.78 is 0.774. The van der Waals surface area contributed by atoms with E-state index in [0.29, 0.717) is 6.54 Å². The van der Waals surface area contributed by atoms with Crippen LogP contribution in [-0.2, 0) is 13.1 Å². The molecule has 0 spiro atoms. The van der Waals surface area contributed by atoms with Crippen LogP contribution < -0.4 is 5.32 Å². The smallest absolute Gasteiger partial charge is 0.337 e. The quantitative estimate of drug-likeness (QED) is 0.885. The molecule has 0 aliphatic heterocycles. The van der Waals surface area contributed by atoms with E-state index in [4.69, 9.17) is 16.7 Å². The molecule has 0 saturated carbocycles. The first kappa shape index (κ1) is 13.0. The molecular formula is C12H11ClN2O2S. The van der Waals surface area contributed by atoms with Crippen molar-refractivity contribution in [3.8, 4) is 0 Å². The average molecular weight is 283 g/mol. The van der Waals surface area contributed by atoms with Crippen LogP contribution in [0.3, 0.4) is 0 Å². The maximum Gasteiger partial charge on any atom is 0.337 e. The van der Waals surface area contributed by atoms with Gasteiger partial charge in [0.1, 0.15) is 0 Å². The Bertz CT molecular complexity index is 539. The molecule has 2 rings (SSSR count). The molecule has 0 saturated heterocycles. The lowest BCUT2D eigenvalue weighted by Gasteiger charge is -2.03. The van der Waals surface area contributed by atoms with Gasteiger partial charge in [0.2, 0.25) is 0 Å². The Hall–Kier alpha value is -1.43. The van der Waals surface area contributed by atoms with E-state index in [1.54, 1.807) is 12.1 Å². The van der Waals surface area contributed by atoms with E-state index < -0.39 is 5.97 Å². The highest BCUT2D eigenvalue weighted by atomic mass is 35.5. The van der Waals surface area contributed by atoms with E-state index in [-0.39, 0.29) is 5.56 Å². The molecule has 0 aliphatic rings. The van der Waals surface area contributed by atoms with Crippen LogP contribution in [0.4, 0.5) is 0 Å². The minimum atomic E-state index is -0.963. The number of hydrogen-bond acceptors (Lipinski definition) is 4. The number of carboxylic acids is 1. The highest BCUT2D eigenvalue weighted by molar-refractivity contribution is 7.16. The van der Waals surface area contributed by atoms with Gasteiger partial charge in [-0.3, -0.25) is 4.98 Å². The Morgan fingerprint density at radius 3 is 2.72 bits per heavy atom. The molecule has 2 heterocycles. The van der Waals surface area contributed by atoms with E-state index in [2.05, 4.69) is 10.3 Å². The number of hydrogen-bond donors (Lipinski definition) is 2. The van der Waals surface area contributed by atoms with Crippen LogP contribution in [-0.4, -0.2) is 16.1 Å². The third-order valence-corrected chi connectivity index (χ3v) is 3.54. The topological polar surface area (TPSA) is 62.2 Å². The molecule has 94 valence electrons. The van der Waals surface area contributed by atoms with Crippen molar-refractivity contribution in [3.05, 3.63) is 50.9 Å². The highest BCUT2D eigenvalue weighted by Gasteiger charge is 2.03. The largest absolute Gasteiger partial charge is 0.478 e. The molecule has 18 heavy (non-hydrogen) atoms. The van der Waals surface area contributed by atoms with Gasteiger partial charge in [0.05, 0.1) is 15.6 Å². The number of pyridine rings is 1. The molecule has 4 nitrogen and oxygen atoms in total. The number of nitrogens with one attached hydrogen (secondary N) is 1. The second-order valence-electron chi connectivity index (χ2n) is 3.65. The maximum absolute atomic E-state index is 10.6. The molecule has 2 aromatic rings. The first-order valence-corrected chi connectivity index (χ1v) is 6.48. The second kappa shape index (κ2) is 5.95. The lowest BCUT2D eigenvalue weighted by molar-refractivity contribution is 0.0696. The van der Waals surface area contributed by atoms with Gasteiger partial charge in [-0.1, -0.05) is 11.6 Å². The number of aromatic carboxylic acids is 1. The zero-order chi connectivity index (χ0) is 13.0. The first-order valence-electron chi connectivity index (χ1n) is 5.28. The molecular weight excluding hydrogens is 272 g/mol. The molecule has 0 atom stereocenters. The number of carboxylic acid groups (broad SMARTS) is 1. The molecule has 0 unspecified atom stereocenters. The van der Waals surface area contributed by atoms with Gasteiger partial charge in [0.25, 0.3) is 0 Å². The molecule has 6 heteroatoms. The van der Waals surface area contributed by atoms with Crippen LogP contribution in [0.5, 0.6) is 0 Å². The minimum absolute atomic E-state index is 0.198. The van der Waals surface area contributed by atoms with Gasteiger partial charge in [-0.05, 0) is 24.3 Å². The molecule has 0 aliphatic carbocycles. The van der Waals surface area contributed by atoms with Crippen LogP contribution in [0.1, 0.15) is 20.9 Å². The van der Waals surface area contributed by atoms with Gasteiger partial charge >= 0.3 is 5.97 Å². The number of rotatable bonds is 5. The van der Waals surface area contributed by atoms with E-state index in [1.807, 2.05) is 12.1 Å². The third-order valence-electron chi connectivity index (χ3n) is 2.31. The number of carbonyl (C=O) groups is 1. The summed E-state index contributed by atoms with van der Waals surface area (Å²) in [4.78, 5) is 15.9. The van der Waals surface area contributed by atoms with Crippen molar-refractivity contribution in [1.29, 1.82) is 0 Å². The Kier molecular flexibility index (Phi) is 4.30. The Morgan fingerprint density at radius 2 is 2.17 bits per heavy atom. The van der Waals surface area contributed by atoms with Crippen LogP contribution in [0, 0.1) is 0 Å². The Morgan fingerprint density at radius 1 is 1.33 bits per heavy atom. The lowest BCUT2D eigenvalue weighted by atomic mass is 10.2. The Balaban J connectivity index is 1.85. The zero-order valence-electron chi connectivity index (χ0n) is 9.39. The summed E-state index contributed by atoms with van der Waals surface area (Å²) in [5, 5.41) is 12.0. The summed E-state index contributed by atoms with van der Waals surface area (Å²) in [5.41, 5.74) is 1.01. The summed E-state index contributed by atoms with van der Waals surface area (Å²) >= 11 is 7.36. The minimum Gasteiger partial charge on any atom is -0.478 e. The number of thiophene rings is 1.